The van der Waals surface area contributed by atoms with Gasteiger partial charge in [-0.2, -0.15) is 0 Å². The molecule has 0 aliphatic heterocycles. The van der Waals surface area contributed by atoms with Crippen LogP contribution in [0, 0.1) is 0 Å². The largest absolute Gasteiger partial charge is 0.507 e. The zero-order valence-electron chi connectivity index (χ0n) is 8.35. The van der Waals surface area contributed by atoms with Gasteiger partial charge in [0.2, 0.25) is 0 Å². The fourth-order valence-electron chi connectivity index (χ4n) is 1.52. The Kier molecular flexibility index (Phi) is 3.06. The van der Waals surface area contributed by atoms with Gasteiger partial charge in [0.25, 0.3) is 0 Å². The molecule has 0 aromatic heterocycles. The number of halogens is 1. The third-order valence-corrected chi connectivity index (χ3v) is 3.01. The lowest BCUT2D eigenvalue weighted by molar-refractivity contribution is 0.112. The molecule has 0 aliphatic carbocycles. The summed E-state index contributed by atoms with van der Waals surface area (Å²) in [5, 5.41) is 9.77. The minimum atomic E-state index is 0.164. The fraction of sp³-hybridized carbons (Fsp3) is 0. The lowest BCUT2D eigenvalue weighted by atomic mass is 10.0. The predicted octanol–water partition coefficient (Wildman–Crippen LogP) is 3.63. The van der Waals surface area contributed by atoms with Crippen LogP contribution in [0.4, 0.5) is 0 Å². The molecule has 0 fully saturated rings. The van der Waals surface area contributed by atoms with E-state index < -0.39 is 0 Å². The molecule has 80 valence electrons. The van der Waals surface area contributed by atoms with E-state index in [4.69, 9.17) is 0 Å². The minimum absolute atomic E-state index is 0.164. The maximum Gasteiger partial charge on any atom is 0.150 e. The lowest BCUT2D eigenvalue weighted by Gasteiger charge is -2.07. The van der Waals surface area contributed by atoms with E-state index >= 15 is 0 Å². The second-order valence-corrected chi connectivity index (χ2v) is 4.23. The molecule has 2 rings (SSSR count). The zero-order chi connectivity index (χ0) is 11.5. The van der Waals surface area contributed by atoms with E-state index in [-0.39, 0.29) is 5.75 Å². The molecule has 0 aliphatic rings. The second-order valence-electron chi connectivity index (χ2n) is 3.37. The summed E-state index contributed by atoms with van der Waals surface area (Å²) < 4.78 is 0.883. The van der Waals surface area contributed by atoms with E-state index in [9.17, 15) is 9.90 Å². The van der Waals surface area contributed by atoms with Gasteiger partial charge in [-0.05, 0) is 29.8 Å². The summed E-state index contributed by atoms with van der Waals surface area (Å²) >= 11 is 3.41. The third kappa shape index (κ3) is 1.99. The number of phenolic OH excluding ortho intramolecular Hbond substituents is 1. The lowest BCUT2D eigenvalue weighted by Crippen LogP contribution is -1.85. The van der Waals surface area contributed by atoms with Crippen molar-refractivity contribution in [2.45, 2.75) is 0 Å². The maximum absolute atomic E-state index is 10.7. The average Bonchev–Trinajstić information content (AvgIpc) is 2.31. The topological polar surface area (TPSA) is 37.3 Å². The van der Waals surface area contributed by atoms with Crippen LogP contribution >= 0.6 is 15.9 Å². The summed E-state index contributed by atoms with van der Waals surface area (Å²) in [6.07, 6.45) is 0.764. The summed E-state index contributed by atoms with van der Waals surface area (Å²) in [5.74, 6) is 0.164. The van der Waals surface area contributed by atoms with Crippen LogP contribution in [0.2, 0.25) is 0 Å². The molecule has 0 saturated heterocycles. The van der Waals surface area contributed by atoms with E-state index in [2.05, 4.69) is 15.9 Å². The van der Waals surface area contributed by atoms with Crippen molar-refractivity contribution in [3.05, 3.63) is 52.5 Å². The SMILES string of the molecule is O=Cc1ccc(O)c(-c2ccccc2Br)c1. The Hall–Kier alpha value is -1.61. The van der Waals surface area contributed by atoms with Crippen LogP contribution in [-0.4, -0.2) is 11.4 Å². The molecule has 0 atom stereocenters. The fourth-order valence-corrected chi connectivity index (χ4v) is 2.02. The molecule has 3 heteroatoms. The van der Waals surface area contributed by atoms with Gasteiger partial charge >= 0.3 is 0 Å². The molecule has 2 aromatic carbocycles. The van der Waals surface area contributed by atoms with Crippen LogP contribution in [0.25, 0.3) is 11.1 Å². The number of aldehydes is 1. The van der Waals surface area contributed by atoms with Crippen molar-refractivity contribution in [2.75, 3.05) is 0 Å². The van der Waals surface area contributed by atoms with E-state index in [1.165, 1.54) is 6.07 Å². The second kappa shape index (κ2) is 4.49. The highest BCUT2D eigenvalue weighted by Gasteiger charge is 2.08. The Morgan fingerprint density at radius 2 is 1.81 bits per heavy atom. The minimum Gasteiger partial charge on any atom is -0.507 e. The van der Waals surface area contributed by atoms with Gasteiger partial charge in [-0.15, -0.1) is 0 Å². The molecule has 0 spiro atoms. The molecular formula is C13H9BrO2. The first-order valence-corrected chi connectivity index (χ1v) is 5.55. The van der Waals surface area contributed by atoms with Gasteiger partial charge in [-0.25, -0.2) is 0 Å². The number of aromatic hydroxyl groups is 1. The van der Waals surface area contributed by atoms with Crippen molar-refractivity contribution in [1.82, 2.24) is 0 Å². The van der Waals surface area contributed by atoms with E-state index in [0.29, 0.717) is 11.1 Å². The molecule has 2 aromatic rings. The first kappa shape index (κ1) is 10.9. The van der Waals surface area contributed by atoms with E-state index in [1.54, 1.807) is 12.1 Å². The van der Waals surface area contributed by atoms with Crippen molar-refractivity contribution < 1.29 is 9.90 Å². The number of phenols is 1. The summed E-state index contributed by atoms with van der Waals surface area (Å²) in [7, 11) is 0. The van der Waals surface area contributed by atoms with Gasteiger partial charge in [0, 0.05) is 15.6 Å². The first-order valence-electron chi connectivity index (χ1n) is 4.75. The van der Waals surface area contributed by atoms with Gasteiger partial charge in [-0.3, -0.25) is 4.79 Å². The summed E-state index contributed by atoms with van der Waals surface area (Å²) in [6, 6.07) is 12.3. The van der Waals surface area contributed by atoms with Gasteiger partial charge in [-0.1, -0.05) is 34.1 Å². The van der Waals surface area contributed by atoms with Crippen LogP contribution in [0.1, 0.15) is 10.4 Å². The molecule has 0 unspecified atom stereocenters. The first-order chi connectivity index (χ1) is 7.72. The molecule has 16 heavy (non-hydrogen) atoms. The van der Waals surface area contributed by atoms with Crippen LogP contribution in [0.5, 0.6) is 5.75 Å². The number of hydrogen-bond donors (Lipinski definition) is 1. The van der Waals surface area contributed by atoms with Crippen LogP contribution in [-0.2, 0) is 0 Å². The number of carbonyl (C=O) groups excluding carboxylic acids is 1. The summed E-state index contributed by atoms with van der Waals surface area (Å²) in [6.45, 7) is 0. The Labute approximate surface area is 102 Å². The number of rotatable bonds is 2. The smallest absolute Gasteiger partial charge is 0.150 e. The van der Waals surface area contributed by atoms with E-state index in [1.807, 2.05) is 24.3 Å². The average molecular weight is 277 g/mol. The Balaban J connectivity index is 2.63. The van der Waals surface area contributed by atoms with Crippen molar-refractivity contribution in [2.24, 2.45) is 0 Å². The highest BCUT2D eigenvalue weighted by atomic mass is 79.9. The standard InChI is InChI=1S/C13H9BrO2/c14-12-4-2-1-3-10(12)11-7-9(8-15)5-6-13(11)16/h1-8,16H. The van der Waals surface area contributed by atoms with Gasteiger partial charge in [0.05, 0.1) is 0 Å². The van der Waals surface area contributed by atoms with Crippen molar-refractivity contribution >= 4 is 22.2 Å². The molecule has 0 saturated carbocycles. The highest BCUT2D eigenvalue weighted by molar-refractivity contribution is 9.10. The number of benzene rings is 2. The van der Waals surface area contributed by atoms with Crippen LogP contribution < -0.4 is 0 Å². The zero-order valence-corrected chi connectivity index (χ0v) is 9.94. The third-order valence-electron chi connectivity index (χ3n) is 2.32. The number of carbonyl (C=O) groups is 1. The van der Waals surface area contributed by atoms with Gasteiger partial charge in [0.15, 0.2) is 0 Å². The van der Waals surface area contributed by atoms with Gasteiger partial charge in [0.1, 0.15) is 12.0 Å². The van der Waals surface area contributed by atoms with Crippen LogP contribution in [0.3, 0.4) is 0 Å². The molecular weight excluding hydrogens is 268 g/mol. The van der Waals surface area contributed by atoms with E-state index in [0.717, 1.165) is 16.3 Å². The summed E-state index contributed by atoms with van der Waals surface area (Å²) in [5.41, 5.74) is 2.06. The molecule has 0 heterocycles. The number of hydrogen-bond acceptors (Lipinski definition) is 2. The van der Waals surface area contributed by atoms with Crippen molar-refractivity contribution in [3.8, 4) is 16.9 Å². The monoisotopic (exact) mass is 276 g/mol. The Morgan fingerprint density at radius 1 is 1.06 bits per heavy atom. The molecule has 0 radical (unpaired) electrons. The molecule has 1 N–H and O–H groups in total. The van der Waals surface area contributed by atoms with Crippen molar-refractivity contribution in [3.63, 3.8) is 0 Å². The van der Waals surface area contributed by atoms with Crippen LogP contribution in [0.15, 0.2) is 46.9 Å². The predicted molar refractivity (Wildman–Crippen MR) is 66.6 cm³/mol. The van der Waals surface area contributed by atoms with Crippen molar-refractivity contribution in [1.29, 1.82) is 0 Å². The highest BCUT2D eigenvalue weighted by Crippen LogP contribution is 2.34. The Morgan fingerprint density at radius 3 is 2.50 bits per heavy atom. The summed E-state index contributed by atoms with van der Waals surface area (Å²) in [4.78, 5) is 10.7. The normalized spacial score (nSPS) is 10.1. The molecule has 0 amide bonds. The Bertz CT molecular complexity index is 535. The van der Waals surface area contributed by atoms with Gasteiger partial charge < -0.3 is 5.11 Å². The molecule has 0 bridgehead atoms. The molecule has 2 nitrogen and oxygen atoms in total. The quantitative estimate of drug-likeness (QED) is 0.851. The maximum atomic E-state index is 10.7.